The third-order valence-corrected chi connectivity index (χ3v) is 8.57. The number of nitrogens with one attached hydrogen (secondary N) is 1. The van der Waals surface area contributed by atoms with Gasteiger partial charge in [-0.05, 0) is 37.1 Å². The fourth-order valence-corrected chi connectivity index (χ4v) is 6.15. The van der Waals surface area contributed by atoms with E-state index < -0.39 is 25.8 Å². The van der Waals surface area contributed by atoms with Gasteiger partial charge in [-0.15, -0.1) is 0 Å². The van der Waals surface area contributed by atoms with Crippen LogP contribution in [0.1, 0.15) is 12.8 Å². The summed E-state index contributed by atoms with van der Waals surface area (Å²) in [7, 11) is -7.24. The van der Waals surface area contributed by atoms with Crippen LogP contribution in [0.15, 0.2) is 52.3 Å². The lowest BCUT2D eigenvalue weighted by atomic mass is 9.97. The Hall–Kier alpha value is -2.63. The van der Waals surface area contributed by atoms with Crippen molar-refractivity contribution in [3.63, 3.8) is 0 Å². The second-order valence-corrected chi connectivity index (χ2v) is 11.7. The SMILES string of the molecule is CS(=O)(=O)c1ccccc1NC(=O)C1CCN(S(=O)(=O)c2ccc3c(c2)OCCO3)CC1. The van der Waals surface area contributed by atoms with E-state index in [1.54, 1.807) is 18.2 Å². The molecule has 2 aliphatic rings. The Labute approximate surface area is 187 Å². The van der Waals surface area contributed by atoms with E-state index in [4.69, 9.17) is 9.47 Å². The third-order valence-electron chi connectivity index (χ3n) is 5.52. The molecule has 1 amide bonds. The van der Waals surface area contributed by atoms with Crippen molar-refractivity contribution < 1.29 is 31.1 Å². The van der Waals surface area contributed by atoms with E-state index in [0.29, 0.717) is 37.6 Å². The molecule has 0 saturated carbocycles. The zero-order chi connectivity index (χ0) is 22.9. The maximum atomic E-state index is 13.1. The Morgan fingerprint density at radius 2 is 1.62 bits per heavy atom. The van der Waals surface area contributed by atoms with E-state index in [0.717, 1.165) is 6.26 Å². The number of para-hydroxylation sites is 1. The van der Waals surface area contributed by atoms with Gasteiger partial charge in [-0.25, -0.2) is 16.8 Å². The highest BCUT2D eigenvalue weighted by molar-refractivity contribution is 7.91. The lowest BCUT2D eigenvalue weighted by molar-refractivity contribution is -0.120. The second-order valence-electron chi connectivity index (χ2n) is 7.74. The van der Waals surface area contributed by atoms with E-state index in [1.165, 1.54) is 28.6 Å². The molecule has 1 N–H and O–H groups in total. The first-order valence-corrected chi connectivity index (χ1v) is 13.5. The van der Waals surface area contributed by atoms with E-state index in [9.17, 15) is 21.6 Å². The van der Waals surface area contributed by atoms with Crippen LogP contribution in [0.4, 0.5) is 5.69 Å². The van der Waals surface area contributed by atoms with Gasteiger partial charge in [0.05, 0.1) is 15.5 Å². The Bertz CT molecular complexity index is 1230. The minimum absolute atomic E-state index is 0.0481. The van der Waals surface area contributed by atoms with Gasteiger partial charge in [0.15, 0.2) is 21.3 Å². The maximum Gasteiger partial charge on any atom is 0.243 e. The molecule has 0 aliphatic carbocycles. The first-order chi connectivity index (χ1) is 15.2. The first-order valence-electron chi connectivity index (χ1n) is 10.2. The van der Waals surface area contributed by atoms with Crippen molar-refractivity contribution in [3.05, 3.63) is 42.5 Å². The van der Waals surface area contributed by atoms with Gasteiger partial charge in [0.25, 0.3) is 0 Å². The van der Waals surface area contributed by atoms with Gasteiger partial charge in [-0.2, -0.15) is 4.31 Å². The smallest absolute Gasteiger partial charge is 0.243 e. The molecule has 0 bridgehead atoms. The minimum atomic E-state index is -3.74. The average molecular weight is 481 g/mol. The Morgan fingerprint density at radius 3 is 2.31 bits per heavy atom. The standard InChI is InChI=1S/C21H24N2O7S2/c1-31(25,26)20-5-3-2-4-17(20)22-21(24)15-8-10-23(11-9-15)32(27,28)16-6-7-18-19(14-16)30-13-12-29-18/h2-7,14-15H,8-13H2,1H3,(H,22,24). The van der Waals surface area contributed by atoms with Crippen LogP contribution in [0.3, 0.4) is 0 Å². The molecule has 0 spiro atoms. The largest absolute Gasteiger partial charge is 0.486 e. The van der Waals surface area contributed by atoms with Crippen molar-refractivity contribution in [1.29, 1.82) is 0 Å². The van der Waals surface area contributed by atoms with E-state index >= 15 is 0 Å². The van der Waals surface area contributed by atoms with Crippen LogP contribution in [-0.2, 0) is 24.7 Å². The van der Waals surface area contributed by atoms with Crippen molar-refractivity contribution in [2.45, 2.75) is 22.6 Å². The summed E-state index contributed by atoms with van der Waals surface area (Å²) in [6.45, 7) is 1.15. The van der Waals surface area contributed by atoms with Crippen LogP contribution < -0.4 is 14.8 Å². The van der Waals surface area contributed by atoms with Gasteiger partial charge < -0.3 is 14.8 Å². The molecule has 2 aromatic rings. The number of ether oxygens (including phenoxy) is 2. The molecule has 2 aromatic carbocycles. The minimum Gasteiger partial charge on any atom is -0.486 e. The van der Waals surface area contributed by atoms with Gasteiger partial charge in [0, 0.05) is 31.3 Å². The fourth-order valence-electron chi connectivity index (χ4n) is 3.82. The Kier molecular flexibility index (Phi) is 6.15. The normalized spacial score (nSPS) is 17.7. The number of hydrogen-bond acceptors (Lipinski definition) is 7. The number of benzene rings is 2. The number of piperidine rings is 1. The number of sulfonamides is 1. The van der Waals surface area contributed by atoms with Crippen LogP contribution in [-0.4, -0.2) is 59.6 Å². The van der Waals surface area contributed by atoms with Crippen molar-refractivity contribution >= 4 is 31.5 Å². The third kappa shape index (κ3) is 4.59. The van der Waals surface area contributed by atoms with Crippen molar-refractivity contribution in [2.75, 3.05) is 37.9 Å². The number of nitrogens with zero attached hydrogens (tertiary/aromatic N) is 1. The van der Waals surface area contributed by atoms with Gasteiger partial charge in [0.2, 0.25) is 15.9 Å². The number of anilines is 1. The summed E-state index contributed by atoms with van der Waals surface area (Å²) in [5.41, 5.74) is 0.228. The summed E-state index contributed by atoms with van der Waals surface area (Å²) in [6, 6.07) is 10.7. The molecule has 4 rings (SSSR count). The molecule has 0 atom stereocenters. The molecule has 11 heteroatoms. The Balaban J connectivity index is 1.43. The van der Waals surface area contributed by atoms with E-state index in [2.05, 4.69) is 5.32 Å². The quantitative estimate of drug-likeness (QED) is 0.694. The van der Waals surface area contributed by atoms with E-state index in [-0.39, 0.29) is 34.5 Å². The van der Waals surface area contributed by atoms with Crippen LogP contribution in [0, 0.1) is 5.92 Å². The predicted molar refractivity (Wildman–Crippen MR) is 117 cm³/mol. The molecular weight excluding hydrogens is 456 g/mol. The number of fused-ring (bicyclic) bond motifs is 1. The van der Waals surface area contributed by atoms with Crippen LogP contribution in [0.2, 0.25) is 0 Å². The molecule has 172 valence electrons. The molecule has 2 aliphatic heterocycles. The Morgan fingerprint density at radius 1 is 0.969 bits per heavy atom. The van der Waals surface area contributed by atoms with E-state index in [1.807, 2.05) is 0 Å². The molecule has 2 heterocycles. The summed E-state index contributed by atoms with van der Waals surface area (Å²) in [4.78, 5) is 12.9. The molecule has 1 saturated heterocycles. The van der Waals surface area contributed by atoms with Gasteiger partial charge in [-0.3, -0.25) is 4.79 Å². The zero-order valence-electron chi connectivity index (χ0n) is 17.5. The molecule has 0 radical (unpaired) electrons. The molecule has 1 fully saturated rings. The monoisotopic (exact) mass is 480 g/mol. The summed E-state index contributed by atoms with van der Waals surface area (Å²) < 4.78 is 62.3. The van der Waals surface area contributed by atoms with Crippen LogP contribution in [0.25, 0.3) is 0 Å². The summed E-state index contributed by atoms with van der Waals surface area (Å²) in [6.07, 6.45) is 1.74. The number of hydrogen-bond donors (Lipinski definition) is 1. The van der Waals surface area contributed by atoms with Crippen molar-refractivity contribution in [3.8, 4) is 11.5 Å². The second kappa shape index (κ2) is 8.72. The summed E-state index contributed by atoms with van der Waals surface area (Å²) in [5, 5.41) is 2.69. The van der Waals surface area contributed by atoms with Gasteiger partial charge in [-0.1, -0.05) is 12.1 Å². The summed E-state index contributed by atoms with van der Waals surface area (Å²) >= 11 is 0. The van der Waals surface area contributed by atoms with Crippen LogP contribution in [0.5, 0.6) is 11.5 Å². The predicted octanol–water partition coefficient (Wildman–Crippen LogP) is 1.90. The number of carbonyl (C=O) groups is 1. The fraction of sp³-hybridized carbons (Fsp3) is 0.381. The average Bonchev–Trinajstić information content (AvgIpc) is 2.78. The lowest BCUT2D eigenvalue weighted by Crippen LogP contribution is -2.41. The topological polar surface area (TPSA) is 119 Å². The summed E-state index contributed by atoms with van der Waals surface area (Å²) in [5.74, 6) is 0.169. The number of amides is 1. The number of carbonyl (C=O) groups excluding carboxylic acids is 1. The number of rotatable bonds is 5. The first kappa shape index (κ1) is 22.6. The molecule has 32 heavy (non-hydrogen) atoms. The lowest BCUT2D eigenvalue weighted by Gasteiger charge is -2.31. The van der Waals surface area contributed by atoms with Gasteiger partial charge >= 0.3 is 0 Å². The highest BCUT2D eigenvalue weighted by atomic mass is 32.2. The zero-order valence-corrected chi connectivity index (χ0v) is 19.1. The van der Waals surface area contributed by atoms with Crippen molar-refractivity contribution in [1.82, 2.24) is 4.31 Å². The molecule has 0 aromatic heterocycles. The molecule has 0 unspecified atom stereocenters. The number of sulfone groups is 1. The highest BCUT2D eigenvalue weighted by Crippen LogP contribution is 2.34. The highest BCUT2D eigenvalue weighted by Gasteiger charge is 2.33. The molecular formula is C21H24N2O7S2. The molecule has 9 nitrogen and oxygen atoms in total. The van der Waals surface area contributed by atoms with Gasteiger partial charge in [0.1, 0.15) is 13.2 Å². The maximum absolute atomic E-state index is 13.1. The van der Waals surface area contributed by atoms with Crippen LogP contribution >= 0.6 is 0 Å². The van der Waals surface area contributed by atoms with Crippen molar-refractivity contribution in [2.24, 2.45) is 5.92 Å².